The third kappa shape index (κ3) is 5.30. The minimum Gasteiger partial charge on any atom is -0.445 e. The molecule has 1 amide bonds. The molecule has 1 unspecified atom stereocenters. The Morgan fingerprint density at radius 3 is 2.30 bits per heavy atom. The number of halogens is 1. The van der Waals surface area contributed by atoms with Crippen LogP contribution in [0.1, 0.15) is 47.5 Å². The summed E-state index contributed by atoms with van der Waals surface area (Å²) in [7, 11) is 0. The van der Waals surface area contributed by atoms with E-state index in [1.807, 2.05) is 18.4 Å². The number of amides is 1. The van der Waals surface area contributed by atoms with Gasteiger partial charge in [-0.25, -0.2) is 0 Å². The van der Waals surface area contributed by atoms with Gasteiger partial charge in [0.25, 0.3) is 5.91 Å². The number of rotatable bonds is 6. The van der Waals surface area contributed by atoms with Gasteiger partial charge in [0, 0.05) is 12.6 Å². The molecule has 1 aromatic carbocycles. The molecule has 0 radical (unpaired) electrons. The fraction of sp³-hybridized carbons (Fsp3) is 0.353. The summed E-state index contributed by atoms with van der Waals surface area (Å²) in [6, 6.07) is 11.4. The molecule has 0 saturated heterocycles. The molecule has 2 aromatic rings. The van der Waals surface area contributed by atoms with Gasteiger partial charge in [-0.05, 0) is 35.4 Å². The zero-order chi connectivity index (χ0) is 16.1. The summed E-state index contributed by atoms with van der Waals surface area (Å²) in [6.45, 7) is 4.68. The van der Waals surface area contributed by atoms with E-state index in [0.717, 1.165) is 10.7 Å². The molecule has 6 heteroatoms. The summed E-state index contributed by atoms with van der Waals surface area (Å²) in [4.78, 5) is 12.0. The number of carbonyl (C=O) groups is 1. The average molecular weight is 355 g/mol. The van der Waals surface area contributed by atoms with Crippen LogP contribution in [0.4, 0.5) is 0 Å². The highest BCUT2D eigenvalue weighted by Gasteiger charge is 2.13. The van der Waals surface area contributed by atoms with Gasteiger partial charge in [0.05, 0.1) is 0 Å². The lowest BCUT2D eigenvalue weighted by atomic mass is 9.99. The minimum absolute atomic E-state index is 0. The summed E-state index contributed by atoms with van der Waals surface area (Å²) in [5, 5.41) is 3.53. The number of nitrogens with one attached hydrogen (secondary N) is 1. The third-order valence-electron chi connectivity index (χ3n) is 3.52. The predicted octanol–water partition coefficient (Wildman–Crippen LogP) is 3.98. The van der Waals surface area contributed by atoms with Gasteiger partial charge >= 0.3 is 0 Å². The molecule has 23 heavy (non-hydrogen) atoms. The fourth-order valence-electron chi connectivity index (χ4n) is 2.09. The molecule has 0 aliphatic carbocycles. The number of benzene rings is 1. The zero-order valence-electron chi connectivity index (χ0n) is 13.5. The van der Waals surface area contributed by atoms with Crippen molar-refractivity contribution in [3.8, 4) is 0 Å². The maximum Gasteiger partial charge on any atom is 0.287 e. The normalized spacial score (nSPS) is 11.9. The molecule has 0 spiro atoms. The van der Waals surface area contributed by atoms with Gasteiger partial charge < -0.3 is 15.5 Å². The van der Waals surface area contributed by atoms with Gasteiger partial charge in [-0.1, -0.05) is 49.9 Å². The standard InChI is InChI=1S/C17H22N2O2S.ClH/c1-11(2)12-4-6-13(7-5-12)14(18)10-19-17(20)15-8-9-16(21-15)22-3;/h4-9,11,14H,10,18H2,1-3H3,(H,19,20);1H. The van der Waals surface area contributed by atoms with Gasteiger partial charge in [0.1, 0.15) is 0 Å². The highest BCUT2D eigenvalue weighted by molar-refractivity contribution is 7.98. The van der Waals surface area contributed by atoms with Crippen molar-refractivity contribution < 1.29 is 9.21 Å². The second-order valence-corrected chi connectivity index (χ2v) is 6.27. The average Bonchev–Trinajstić information content (AvgIpc) is 3.01. The Hall–Kier alpha value is -1.43. The van der Waals surface area contributed by atoms with Crippen molar-refractivity contribution in [1.82, 2.24) is 5.32 Å². The second-order valence-electron chi connectivity index (χ2n) is 5.46. The van der Waals surface area contributed by atoms with Gasteiger partial charge in [0.15, 0.2) is 10.9 Å². The van der Waals surface area contributed by atoms with Crippen LogP contribution in [-0.2, 0) is 0 Å². The Bertz CT molecular complexity index is 626. The van der Waals surface area contributed by atoms with Crippen LogP contribution >= 0.6 is 24.2 Å². The number of furan rings is 1. The molecule has 0 bridgehead atoms. The first kappa shape index (κ1) is 19.6. The van der Waals surface area contributed by atoms with Gasteiger partial charge in [-0.3, -0.25) is 4.79 Å². The van der Waals surface area contributed by atoms with Crippen molar-refractivity contribution in [2.24, 2.45) is 5.73 Å². The maximum absolute atomic E-state index is 12.0. The molecule has 1 aromatic heterocycles. The Morgan fingerprint density at radius 2 is 1.78 bits per heavy atom. The van der Waals surface area contributed by atoms with E-state index < -0.39 is 0 Å². The summed E-state index contributed by atoms with van der Waals surface area (Å²) >= 11 is 1.46. The van der Waals surface area contributed by atoms with Crippen LogP contribution in [0.5, 0.6) is 0 Å². The summed E-state index contributed by atoms with van der Waals surface area (Å²) in [5.74, 6) is 0.566. The Morgan fingerprint density at radius 1 is 1.17 bits per heavy atom. The lowest BCUT2D eigenvalue weighted by Crippen LogP contribution is -2.31. The van der Waals surface area contributed by atoms with Gasteiger partial charge in [0.2, 0.25) is 0 Å². The predicted molar refractivity (Wildman–Crippen MR) is 97.5 cm³/mol. The lowest BCUT2D eigenvalue weighted by Gasteiger charge is -2.14. The minimum atomic E-state index is -0.241. The topological polar surface area (TPSA) is 68.3 Å². The van der Waals surface area contributed by atoms with Crippen LogP contribution in [0.15, 0.2) is 45.9 Å². The SMILES string of the molecule is CSc1ccc(C(=O)NCC(N)c2ccc(C(C)C)cc2)o1.Cl. The van der Waals surface area contributed by atoms with Crippen molar-refractivity contribution in [2.45, 2.75) is 30.9 Å². The van der Waals surface area contributed by atoms with E-state index >= 15 is 0 Å². The van der Waals surface area contributed by atoms with E-state index in [1.54, 1.807) is 12.1 Å². The first-order valence-corrected chi connectivity index (χ1v) is 8.51. The first-order valence-electron chi connectivity index (χ1n) is 7.28. The fourth-order valence-corrected chi connectivity index (χ4v) is 2.46. The number of hydrogen-bond acceptors (Lipinski definition) is 4. The van der Waals surface area contributed by atoms with Crippen LogP contribution < -0.4 is 11.1 Å². The van der Waals surface area contributed by atoms with Crippen molar-refractivity contribution in [2.75, 3.05) is 12.8 Å². The van der Waals surface area contributed by atoms with Crippen molar-refractivity contribution in [3.05, 3.63) is 53.3 Å². The first-order chi connectivity index (χ1) is 10.5. The number of carbonyl (C=O) groups excluding carboxylic acids is 1. The monoisotopic (exact) mass is 354 g/mol. The molecular weight excluding hydrogens is 332 g/mol. The van der Waals surface area contributed by atoms with Crippen LogP contribution in [-0.4, -0.2) is 18.7 Å². The van der Waals surface area contributed by atoms with E-state index in [1.165, 1.54) is 17.3 Å². The van der Waals surface area contributed by atoms with Crippen molar-refractivity contribution in [1.29, 1.82) is 0 Å². The van der Waals surface area contributed by atoms with Crippen LogP contribution in [0, 0.1) is 0 Å². The Kier molecular flexibility index (Phi) is 7.68. The quantitative estimate of drug-likeness (QED) is 0.770. The summed E-state index contributed by atoms with van der Waals surface area (Å²) in [6.07, 6.45) is 1.90. The van der Waals surface area contributed by atoms with Crippen LogP contribution in [0.2, 0.25) is 0 Å². The molecule has 0 saturated carbocycles. The van der Waals surface area contributed by atoms with E-state index in [4.69, 9.17) is 10.2 Å². The summed E-state index contributed by atoms with van der Waals surface area (Å²) < 4.78 is 5.38. The zero-order valence-corrected chi connectivity index (χ0v) is 15.2. The van der Waals surface area contributed by atoms with Gasteiger partial charge in [-0.15, -0.1) is 12.4 Å². The van der Waals surface area contributed by atoms with Crippen LogP contribution in [0.3, 0.4) is 0 Å². The highest BCUT2D eigenvalue weighted by atomic mass is 35.5. The smallest absolute Gasteiger partial charge is 0.287 e. The largest absolute Gasteiger partial charge is 0.445 e. The lowest BCUT2D eigenvalue weighted by molar-refractivity contribution is 0.0918. The highest BCUT2D eigenvalue weighted by Crippen LogP contribution is 2.19. The molecule has 4 nitrogen and oxygen atoms in total. The molecule has 1 heterocycles. The molecule has 0 aliphatic rings. The van der Waals surface area contributed by atoms with Crippen molar-refractivity contribution >= 4 is 30.1 Å². The molecule has 0 aliphatic heterocycles. The number of hydrogen-bond donors (Lipinski definition) is 2. The molecule has 0 fully saturated rings. The third-order valence-corrected chi connectivity index (χ3v) is 4.14. The molecule has 126 valence electrons. The number of thioether (sulfide) groups is 1. The van der Waals surface area contributed by atoms with E-state index in [9.17, 15) is 4.79 Å². The van der Waals surface area contributed by atoms with E-state index in [-0.39, 0.29) is 24.4 Å². The van der Waals surface area contributed by atoms with Gasteiger partial charge in [-0.2, -0.15) is 0 Å². The van der Waals surface area contributed by atoms with E-state index in [0.29, 0.717) is 18.2 Å². The molecule has 1 atom stereocenters. The summed E-state index contributed by atoms with van der Waals surface area (Å²) in [5.41, 5.74) is 8.42. The Labute approximate surface area is 147 Å². The maximum atomic E-state index is 12.0. The number of nitrogens with two attached hydrogens (primary N) is 1. The Balaban J connectivity index is 0.00000264. The molecule has 2 rings (SSSR count). The van der Waals surface area contributed by atoms with Crippen LogP contribution in [0.25, 0.3) is 0 Å². The molecular formula is C17H23ClN2O2S. The molecule has 3 N–H and O–H groups in total. The van der Waals surface area contributed by atoms with E-state index in [2.05, 4.69) is 31.3 Å². The second kappa shape index (κ2) is 9.01. The van der Waals surface area contributed by atoms with Crippen molar-refractivity contribution in [3.63, 3.8) is 0 Å².